The van der Waals surface area contributed by atoms with Crippen molar-refractivity contribution in [2.24, 2.45) is 23.5 Å². The quantitative estimate of drug-likeness (QED) is 0.762. The lowest BCUT2D eigenvalue weighted by atomic mass is 9.60. The van der Waals surface area contributed by atoms with Gasteiger partial charge >= 0.3 is 0 Å². The van der Waals surface area contributed by atoms with Gasteiger partial charge in [0, 0.05) is 17.9 Å². The zero-order valence-corrected chi connectivity index (χ0v) is 16.2. The minimum Gasteiger partial charge on any atom is -0.392 e. The maximum absolute atomic E-state index is 12.5. The summed E-state index contributed by atoms with van der Waals surface area (Å²) in [5.41, 5.74) is 8.20. The molecule has 1 amide bonds. The molecule has 1 aliphatic carbocycles. The molecule has 7 unspecified atom stereocenters. The lowest BCUT2D eigenvalue weighted by molar-refractivity contribution is -0.128. The van der Waals surface area contributed by atoms with Crippen LogP contribution in [0, 0.1) is 17.8 Å². The zero-order chi connectivity index (χ0) is 18.4. The first-order chi connectivity index (χ1) is 12.5. The van der Waals surface area contributed by atoms with Crippen LogP contribution in [-0.2, 0) is 4.79 Å². The Hall–Kier alpha value is -1.30. The molecule has 1 aromatic carbocycles. The lowest BCUT2D eigenvalue weighted by Gasteiger charge is -2.51. The van der Waals surface area contributed by atoms with Crippen molar-refractivity contribution < 1.29 is 9.90 Å². The number of benzene rings is 1. The van der Waals surface area contributed by atoms with Gasteiger partial charge in [0.1, 0.15) is 0 Å². The molecule has 0 bridgehead atoms. The van der Waals surface area contributed by atoms with E-state index < -0.39 is 0 Å². The van der Waals surface area contributed by atoms with Crippen molar-refractivity contribution in [3.8, 4) is 0 Å². The molecule has 1 saturated carbocycles. The van der Waals surface area contributed by atoms with Gasteiger partial charge in [0.2, 0.25) is 5.91 Å². The van der Waals surface area contributed by atoms with Crippen LogP contribution in [0.25, 0.3) is 0 Å². The Morgan fingerprint density at radius 2 is 2.08 bits per heavy atom. The monoisotopic (exact) mass is 372 g/mol. The molecule has 5 heteroatoms. The number of rotatable bonds is 3. The summed E-state index contributed by atoms with van der Waals surface area (Å²) in [7, 11) is 0. The van der Waals surface area contributed by atoms with E-state index in [4.69, 9.17) is 5.73 Å². The Balaban J connectivity index is 1.69. The van der Waals surface area contributed by atoms with Gasteiger partial charge in [-0.2, -0.15) is 0 Å². The Kier molecular flexibility index (Phi) is 4.88. The van der Waals surface area contributed by atoms with E-state index in [0.29, 0.717) is 12.5 Å². The van der Waals surface area contributed by atoms with E-state index in [0.717, 1.165) is 6.42 Å². The Morgan fingerprint density at radius 1 is 1.35 bits per heavy atom. The summed E-state index contributed by atoms with van der Waals surface area (Å²) in [6, 6.07) is 8.72. The summed E-state index contributed by atoms with van der Waals surface area (Å²) in [6.07, 6.45) is 2.54. The summed E-state index contributed by atoms with van der Waals surface area (Å²) >= 11 is 1.61. The van der Waals surface area contributed by atoms with Gasteiger partial charge in [-0.1, -0.05) is 44.2 Å². The van der Waals surface area contributed by atoms with Crippen molar-refractivity contribution >= 4 is 17.7 Å². The second-order valence-electron chi connectivity index (χ2n) is 8.18. The third kappa shape index (κ3) is 2.90. The molecule has 4 rings (SSSR count). The van der Waals surface area contributed by atoms with Gasteiger partial charge < -0.3 is 16.2 Å². The molecule has 0 spiro atoms. The summed E-state index contributed by atoms with van der Waals surface area (Å²) in [5, 5.41) is 16.3. The van der Waals surface area contributed by atoms with Crippen LogP contribution in [0.5, 0.6) is 0 Å². The first-order valence-corrected chi connectivity index (χ1v) is 10.6. The number of hydrogen-bond donors (Lipinski definition) is 3. The van der Waals surface area contributed by atoms with Gasteiger partial charge in [0.15, 0.2) is 0 Å². The maximum atomic E-state index is 12.5. The molecule has 26 heavy (non-hydrogen) atoms. The average Bonchev–Trinajstić information content (AvgIpc) is 3.13. The second-order valence-corrected chi connectivity index (χ2v) is 9.24. The number of carbonyl (C=O) groups is 1. The molecule has 1 aromatic rings. The van der Waals surface area contributed by atoms with Gasteiger partial charge in [-0.3, -0.25) is 4.79 Å². The van der Waals surface area contributed by atoms with Crippen LogP contribution in [0.3, 0.4) is 0 Å². The van der Waals surface area contributed by atoms with E-state index in [9.17, 15) is 9.90 Å². The summed E-state index contributed by atoms with van der Waals surface area (Å²) < 4.78 is 0. The molecule has 2 heterocycles. The minimum absolute atomic E-state index is 0.0483. The number of fused-ring (bicyclic) bond motifs is 3. The number of nitrogens with one attached hydrogen (secondary N) is 1. The highest BCUT2D eigenvalue weighted by atomic mass is 32.2. The Morgan fingerprint density at radius 3 is 2.77 bits per heavy atom. The molecular formula is C21H28N2O2S. The average molecular weight is 373 g/mol. The highest BCUT2D eigenvalue weighted by Gasteiger charge is 2.53. The van der Waals surface area contributed by atoms with Crippen molar-refractivity contribution in [1.82, 2.24) is 5.32 Å². The first-order valence-electron chi connectivity index (χ1n) is 9.61. The number of nitrogens with two attached hydrogens (primary N) is 1. The maximum Gasteiger partial charge on any atom is 0.234 e. The van der Waals surface area contributed by atoms with E-state index in [-0.39, 0.29) is 47.0 Å². The van der Waals surface area contributed by atoms with Crippen molar-refractivity contribution in [2.45, 2.75) is 49.5 Å². The fraction of sp³-hybridized carbons (Fsp3) is 0.571. The van der Waals surface area contributed by atoms with Crippen molar-refractivity contribution in [2.75, 3.05) is 6.54 Å². The van der Waals surface area contributed by atoms with E-state index in [1.165, 1.54) is 11.1 Å². The number of allylic oxidation sites excluding steroid dienone is 1. The molecule has 1 saturated heterocycles. The molecule has 8 atom stereocenters. The van der Waals surface area contributed by atoms with E-state index in [2.05, 4.69) is 54.9 Å². The summed E-state index contributed by atoms with van der Waals surface area (Å²) in [5.74, 6) is 1.26. The lowest BCUT2D eigenvalue weighted by Crippen LogP contribution is -2.62. The van der Waals surface area contributed by atoms with Gasteiger partial charge in [0.05, 0.1) is 11.4 Å². The molecule has 140 valence electrons. The topological polar surface area (TPSA) is 75.3 Å². The van der Waals surface area contributed by atoms with Gasteiger partial charge in [0.25, 0.3) is 0 Å². The minimum atomic E-state index is -0.376. The number of hydrogen-bond acceptors (Lipinski definition) is 4. The molecule has 3 aliphatic rings. The standard InChI is InChI=1S/C21H28N2O2S/c1-11-9-16(24)17(14-5-3-13(4-6-14)12(2)10-22)18-15-7-8-26-20(15)21(25)23-19(11)18/h3-8,11-12,15-20,24H,9-10,22H2,1-2H3,(H,23,25)/t11?,12-,15?,16?,17?,18?,19?,20?/m0/s1. The number of thioether (sulfide) groups is 1. The second kappa shape index (κ2) is 7.02. The predicted molar refractivity (Wildman–Crippen MR) is 106 cm³/mol. The predicted octanol–water partition coefficient (Wildman–Crippen LogP) is 2.59. The SMILES string of the molecule is CC1CC(O)C(c2ccc([C@@H](C)CN)cc2)C2C3C=CSC3C(=O)NC12. The number of piperidine rings is 1. The molecule has 2 fully saturated rings. The largest absolute Gasteiger partial charge is 0.392 e. The van der Waals surface area contributed by atoms with Crippen molar-refractivity contribution in [3.63, 3.8) is 0 Å². The summed E-state index contributed by atoms with van der Waals surface area (Å²) in [4.78, 5) is 12.5. The van der Waals surface area contributed by atoms with Crippen molar-refractivity contribution in [1.29, 1.82) is 0 Å². The van der Waals surface area contributed by atoms with Crippen LogP contribution in [-0.4, -0.2) is 35.0 Å². The highest BCUT2D eigenvalue weighted by molar-refractivity contribution is 8.03. The number of carbonyl (C=O) groups excluding carboxylic acids is 1. The van der Waals surface area contributed by atoms with Gasteiger partial charge in [-0.15, -0.1) is 11.8 Å². The zero-order valence-electron chi connectivity index (χ0n) is 15.3. The van der Waals surface area contributed by atoms with Crippen LogP contribution in [0.15, 0.2) is 35.7 Å². The molecule has 0 aromatic heterocycles. The number of aliphatic hydroxyl groups is 1. The van der Waals surface area contributed by atoms with Crippen LogP contribution in [0.4, 0.5) is 0 Å². The molecule has 4 N–H and O–H groups in total. The van der Waals surface area contributed by atoms with Crippen LogP contribution in [0.1, 0.15) is 43.2 Å². The fourth-order valence-electron chi connectivity index (χ4n) is 5.10. The molecular weight excluding hydrogens is 344 g/mol. The van der Waals surface area contributed by atoms with E-state index in [1.807, 2.05) is 0 Å². The molecule has 2 aliphatic heterocycles. The van der Waals surface area contributed by atoms with Crippen LogP contribution >= 0.6 is 11.8 Å². The third-order valence-electron chi connectivity index (χ3n) is 6.60. The van der Waals surface area contributed by atoms with Gasteiger partial charge in [-0.05, 0) is 47.3 Å². The van der Waals surface area contributed by atoms with Crippen LogP contribution in [0.2, 0.25) is 0 Å². The normalized spacial score (nSPS) is 39.8. The van der Waals surface area contributed by atoms with E-state index >= 15 is 0 Å². The fourth-order valence-corrected chi connectivity index (χ4v) is 6.19. The van der Waals surface area contributed by atoms with Crippen LogP contribution < -0.4 is 11.1 Å². The number of amides is 1. The highest BCUT2D eigenvalue weighted by Crippen LogP contribution is 2.51. The molecule has 4 nitrogen and oxygen atoms in total. The van der Waals surface area contributed by atoms with Crippen molar-refractivity contribution in [3.05, 3.63) is 46.9 Å². The first kappa shape index (κ1) is 18.1. The number of aliphatic hydroxyl groups excluding tert-OH is 1. The van der Waals surface area contributed by atoms with Gasteiger partial charge in [-0.25, -0.2) is 0 Å². The summed E-state index contributed by atoms with van der Waals surface area (Å²) in [6.45, 7) is 4.91. The Bertz CT molecular complexity index is 704. The Labute approximate surface area is 159 Å². The smallest absolute Gasteiger partial charge is 0.234 e. The molecule has 0 radical (unpaired) electrons. The third-order valence-corrected chi connectivity index (χ3v) is 7.74. The van der Waals surface area contributed by atoms with E-state index in [1.54, 1.807) is 11.8 Å².